The maximum absolute atomic E-state index is 12.5. The topological polar surface area (TPSA) is 85.6 Å². The number of hydrogen-bond donors (Lipinski definition) is 1. The number of nitrogens with one attached hydrogen (secondary N) is 1. The SMILES string of the molecule is Cc1nn2cccnc2c1C(=O)OCC(=O)Nc1ccccc1Cc1ccccc1. The molecule has 0 bridgehead atoms. The minimum atomic E-state index is -0.631. The molecule has 0 saturated heterocycles. The Morgan fingerprint density at radius 3 is 2.63 bits per heavy atom. The van der Waals surface area contributed by atoms with Crippen LogP contribution in [0.4, 0.5) is 5.69 Å². The van der Waals surface area contributed by atoms with Crippen molar-refractivity contribution < 1.29 is 14.3 Å². The van der Waals surface area contributed by atoms with Gasteiger partial charge >= 0.3 is 5.97 Å². The van der Waals surface area contributed by atoms with Gasteiger partial charge in [-0.2, -0.15) is 5.10 Å². The Morgan fingerprint density at radius 1 is 1.03 bits per heavy atom. The van der Waals surface area contributed by atoms with Crippen LogP contribution >= 0.6 is 0 Å². The molecular formula is C23H20N4O3. The largest absolute Gasteiger partial charge is 0.452 e. The van der Waals surface area contributed by atoms with Crippen molar-refractivity contribution in [3.8, 4) is 0 Å². The summed E-state index contributed by atoms with van der Waals surface area (Å²) in [4.78, 5) is 29.1. The Morgan fingerprint density at radius 2 is 1.80 bits per heavy atom. The van der Waals surface area contributed by atoms with Gasteiger partial charge in [0.05, 0.1) is 5.69 Å². The summed E-state index contributed by atoms with van der Waals surface area (Å²) in [6, 6.07) is 19.3. The summed E-state index contributed by atoms with van der Waals surface area (Å²) in [6.07, 6.45) is 3.95. The molecule has 7 nitrogen and oxygen atoms in total. The van der Waals surface area contributed by atoms with E-state index in [1.165, 1.54) is 4.52 Å². The highest BCUT2D eigenvalue weighted by atomic mass is 16.5. The zero-order valence-corrected chi connectivity index (χ0v) is 16.4. The van der Waals surface area contributed by atoms with Crippen LogP contribution in [0.1, 0.15) is 27.2 Å². The standard InChI is InChI=1S/C23H20N4O3/c1-16-21(22-24-12-7-13-27(22)26-16)23(29)30-15-20(28)25-19-11-6-5-10-18(19)14-17-8-3-2-4-9-17/h2-13H,14-15H2,1H3,(H,25,28). The Hall–Kier alpha value is -4.00. The quantitative estimate of drug-likeness (QED) is 0.501. The van der Waals surface area contributed by atoms with Gasteiger partial charge in [0.15, 0.2) is 12.3 Å². The fourth-order valence-electron chi connectivity index (χ4n) is 3.24. The third-order valence-corrected chi connectivity index (χ3v) is 4.64. The highest BCUT2D eigenvalue weighted by Gasteiger charge is 2.20. The van der Waals surface area contributed by atoms with E-state index in [1.54, 1.807) is 25.4 Å². The second-order valence-corrected chi connectivity index (χ2v) is 6.79. The first-order chi connectivity index (χ1) is 14.6. The molecule has 30 heavy (non-hydrogen) atoms. The number of fused-ring (bicyclic) bond motifs is 1. The number of rotatable bonds is 6. The molecule has 0 saturated carbocycles. The molecule has 4 aromatic rings. The first-order valence-corrected chi connectivity index (χ1v) is 9.50. The van der Waals surface area contributed by atoms with Gasteiger partial charge in [-0.1, -0.05) is 48.5 Å². The molecule has 0 spiro atoms. The minimum Gasteiger partial charge on any atom is -0.452 e. The molecule has 1 N–H and O–H groups in total. The second kappa shape index (κ2) is 8.57. The van der Waals surface area contributed by atoms with E-state index in [0.717, 1.165) is 11.1 Å². The molecule has 0 fully saturated rings. The summed E-state index contributed by atoms with van der Waals surface area (Å²) >= 11 is 0. The molecule has 0 aliphatic heterocycles. The monoisotopic (exact) mass is 400 g/mol. The Balaban J connectivity index is 1.42. The van der Waals surface area contributed by atoms with E-state index in [0.29, 0.717) is 23.4 Å². The first kappa shape index (κ1) is 19.3. The molecule has 2 aromatic carbocycles. The smallest absolute Gasteiger partial charge is 0.344 e. The van der Waals surface area contributed by atoms with Gasteiger partial charge in [0.2, 0.25) is 0 Å². The van der Waals surface area contributed by atoms with Crippen LogP contribution in [0, 0.1) is 6.92 Å². The average molecular weight is 400 g/mol. The molecule has 7 heteroatoms. The summed E-state index contributed by atoms with van der Waals surface area (Å²) in [5.74, 6) is -1.04. The molecule has 0 radical (unpaired) electrons. The number of carbonyl (C=O) groups is 2. The van der Waals surface area contributed by atoms with Crippen LogP contribution in [-0.4, -0.2) is 33.1 Å². The van der Waals surface area contributed by atoms with Crippen LogP contribution in [0.2, 0.25) is 0 Å². The number of esters is 1. The Kier molecular flexibility index (Phi) is 5.52. The van der Waals surface area contributed by atoms with Gasteiger partial charge in [0.1, 0.15) is 5.56 Å². The van der Waals surface area contributed by atoms with Crippen LogP contribution in [0.5, 0.6) is 0 Å². The van der Waals surface area contributed by atoms with Gasteiger partial charge in [-0.15, -0.1) is 0 Å². The highest BCUT2D eigenvalue weighted by Crippen LogP contribution is 2.19. The van der Waals surface area contributed by atoms with Gasteiger partial charge in [-0.3, -0.25) is 4.79 Å². The number of aromatic nitrogens is 3. The highest BCUT2D eigenvalue weighted by molar-refractivity contribution is 5.99. The number of para-hydroxylation sites is 1. The van der Waals surface area contributed by atoms with Gasteiger partial charge < -0.3 is 10.1 Å². The molecule has 150 valence electrons. The van der Waals surface area contributed by atoms with Gasteiger partial charge in [0.25, 0.3) is 5.91 Å². The summed E-state index contributed by atoms with van der Waals surface area (Å²) in [6.45, 7) is 1.30. The van der Waals surface area contributed by atoms with Crippen molar-refractivity contribution in [3.05, 3.63) is 95.4 Å². The van der Waals surface area contributed by atoms with Crippen LogP contribution in [0.3, 0.4) is 0 Å². The number of ether oxygens (including phenoxy) is 1. The molecule has 0 atom stereocenters. The molecular weight excluding hydrogens is 380 g/mol. The van der Waals surface area contributed by atoms with Crippen molar-refractivity contribution in [2.45, 2.75) is 13.3 Å². The second-order valence-electron chi connectivity index (χ2n) is 6.79. The van der Waals surface area contributed by atoms with Crippen LogP contribution in [-0.2, 0) is 16.0 Å². The lowest BCUT2D eigenvalue weighted by Crippen LogP contribution is -2.22. The lowest BCUT2D eigenvalue weighted by Gasteiger charge is -2.11. The van der Waals surface area contributed by atoms with E-state index in [1.807, 2.05) is 54.6 Å². The maximum Gasteiger partial charge on any atom is 0.344 e. The van der Waals surface area contributed by atoms with Gasteiger partial charge in [-0.05, 0) is 36.6 Å². The number of anilines is 1. The molecule has 0 aliphatic carbocycles. The molecule has 1 amide bonds. The molecule has 2 aromatic heterocycles. The van der Waals surface area contributed by atoms with E-state index < -0.39 is 18.5 Å². The van der Waals surface area contributed by atoms with E-state index in [9.17, 15) is 9.59 Å². The summed E-state index contributed by atoms with van der Waals surface area (Å²) in [7, 11) is 0. The molecule has 2 heterocycles. The van der Waals surface area contributed by atoms with Crippen LogP contribution < -0.4 is 5.32 Å². The summed E-state index contributed by atoms with van der Waals surface area (Å²) in [5, 5.41) is 7.06. The number of nitrogens with zero attached hydrogens (tertiary/aromatic N) is 3. The number of carbonyl (C=O) groups excluding carboxylic acids is 2. The zero-order valence-electron chi connectivity index (χ0n) is 16.4. The van der Waals surface area contributed by atoms with Crippen LogP contribution in [0.25, 0.3) is 5.65 Å². The first-order valence-electron chi connectivity index (χ1n) is 9.50. The third kappa shape index (κ3) is 4.20. The van der Waals surface area contributed by atoms with Crippen molar-refractivity contribution in [2.75, 3.05) is 11.9 Å². The minimum absolute atomic E-state index is 0.257. The Labute approximate surface area is 173 Å². The van der Waals surface area contributed by atoms with Crippen molar-refractivity contribution in [1.29, 1.82) is 0 Å². The predicted octanol–water partition coefficient (Wildman–Crippen LogP) is 3.42. The molecule has 0 unspecified atom stereocenters. The maximum atomic E-state index is 12.5. The van der Waals surface area contributed by atoms with E-state index in [4.69, 9.17) is 4.74 Å². The average Bonchev–Trinajstić information content (AvgIpc) is 3.10. The number of aryl methyl sites for hydroxylation is 1. The van der Waals surface area contributed by atoms with Crippen molar-refractivity contribution in [2.24, 2.45) is 0 Å². The van der Waals surface area contributed by atoms with Crippen LogP contribution in [0.15, 0.2) is 73.1 Å². The number of benzene rings is 2. The fourth-order valence-corrected chi connectivity index (χ4v) is 3.24. The third-order valence-electron chi connectivity index (χ3n) is 4.64. The van der Waals surface area contributed by atoms with Gasteiger partial charge in [0, 0.05) is 18.1 Å². The number of hydrogen-bond acceptors (Lipinski definition) is 5. The fraction of sp³-hybridized carbons (Fsp3) is 0.130. The van der Waals surface area contributed by atoms with Crippen molar-refractivity contribution in [3.63, 3.8) is 0 Å². The summed E-state index contributed by atoms with van der Waals surface area (Å²) in [5.41, 5.74) is 3.96. The van der Waals surface area contributed by atoms with Crippen molar-refractivity contribution >= 4 is 23.2 Å². The molecule has 4 rings (SSSR count). The van der Waals surface area contributed by atoms with E-state index in [2.05, 4.69) is 15.4 Å². The summed E-state index contributed by atoms with van der Waals surface area (Å²) < 4.78 is 6.73. The van der Waals surface area contributed by atoms with Gasteiger partial charge in [-0.25, -0.2) is 14.3 Å². The lowest BCUT2D eigenvalue weighted by atomic mass is 10.0. The zero-order chi connectivity index (χ0) is 20.9. The van der Waals surface area contributed by atoms with Crippen molar-refractivity contribution in [1.82, 2.24) is 14.6 Å². The molecule has 0 aliphatic rings. The van der Waals surface area contributed by atoms with E-state index >= 15 is 0 Å². The lowest BCUT2D eigenvalue weighted by molar-refractivity contribution is -0.119. The Bertz CT molecular complexity index is 1200. The number of amides is 1. The predicted molar refractivity (Wildman–Crippen MR) is 112 cm³/mol. The van der Waals surface area contributed by atoms with E-state index in [-0.39, 0.29) is 5.56 Å². The normalized spacial score (nSPS) is 10.7.